The van der Waals surface area contributed by atoms with Crippen LogP contribution in [-0.4, -0.2) is 32.7 Å². The number of nitrogens with one attached hydrogen (secondary N) is 1. The third-order valence-corrected chi connectivity index (χ3v) is 5.37. The number of amides is 1. The van der Waals surface area contributed by atoms with Crippen molar-refractivity contribution >= 4 is 34.6 Å². The van der Waals surface area contributed by atoms with E-state index in [-0.39, 0.29) is 33.0 Å². The van der Waals surface area contributed by atoms with E-state index in [1.54, 1.807) is 0 Å². The van der Waals surface area contributed by atoms with Crippen molar-refractivity contribution < 1.29 is 33.5 Å². The predicted octanol–water partition coefficient (Wildman–Crippen LogP) is 4.16. The van der Waals surface area contributed by atoms with Gasteiger partial charge in [-0.15, -0.1) is 11.3 Å². The molecule has 0 aliphatic carbocycles. The molecular weight excluding hydrogens is 448 g/mol. The van der Waals surface area contributed by atoms with E-state index in [0.29, 0.717) is 0 Å². The number of aromatic hydroxyl groups is 1. The number of halogens is 2. The predicted molar refractivity (Wildman–Crippen MR) is 111 cm³/mol. The Bertz CT molecular complexity index is 1290. The lowest BCUT2D eigenvalue weighted by Crippen LogP contribution is -2.19. The molecule has 1 aromatic heterocycles. The van der Waals surface area contributed by atoms with Gasteiger partial charge in [-0.25, -0.2) is 19.0 Å². The fourth-order valence-electron chi connectivity index (χ4n) is 2.71. The summed E-state index contributed by atoms with van der Waals surface area (Å²) in [5.74, 6) is -4.71. The summed E-state index contributed by atoms with van der Waals surface area (Å²) >= 11 is 1.05. The minimum absolute atomic E-state index is 0.164. The molecule has 0 radical (unpaired) electrons. The van der Waals surface area contributed by atoms with Crippen LogP contribution in [0.15, 0.2) is 46.9 Å². The summed E-state index contributed by atoms with van der Waals surface area (Å²) in [5, 5.41) is 35.9. The van der Waals surface area contributed by atoms with Crippen molar-refractivity contribution in [2.45, 2.75) is 6.92 Å². The molecule has 2 aromatic carbocycles. The molecular formula is C20H13F2N3O6S. The molecule has 1 heterocycles. The van der Waals surface area contributed by atoms with Gasteiger partial charge in [0.15, 0.2) is 11.6 Å². The summed E-state index contributed by atoms with van der Waals surface area (Å²) in [7, 11) is 0. The summed E-state index contributed by atoms with van der Waals surface area (Å²) in [5.41, 5.74) is 1.29. The summed E-state index contributed by atoms with van der Waals surface area (Å²) in [6.45, 7) is 1.47. The standard InChI is InChI=1S/C20H13F2N3O6S/c1-9(13-8-32-18(17(13)26)10-3-5-14(21)15(22)6-10)23-24-19(27)11-2-4-12(20(28)29)16(7-11)25(30)31/h2-8,26H,1H3,(H,24,27)(H,28,29). The van der Waals surface area contributed by atoms with E-state index in [4.69, 9.17) is 5.11 Å². The highest BCUT2D eigenvalue weighted by Crippen LogP contribution is 2.39. The first kappa shape index (κ1) is 22.5. The zero-order chi connectivity index (χ0) is 23.6. The Hall–Kier alpha value is -4.19. The van der Waals surface area contributed by atoms with Crippen LogP contribution in [0.1, 0.15) is 33.2 Å². The molecule has 9 nitrogen and oxygen atoms in total. The fraction of sp³-hybridized carbons (Fsp3) is 0.0500. The Balaban J connectivity index is 1.83. The van der Waals surface area contributed by atoms with Gasteiger partial charge in [0.05, 0.1) is 21.1 Å². The molecule has 0 aliphatic rings. The lowest BCUT2D eigenvalue weighted by atomic mass is 10.1. The van der Waals surface area contributed by atoms with Gasteiger partial charge < -0.3 is 10.2 Å². The lowest BCUT2D eigenvalue weighted by Gasteiger charge is -2.05. The largest absolute Gasteiger partial charge is 0.506 e. The number of nitro groups is 1. The number of carboxylic acid groups (broad SMARTS) is 1. The molecule has 0 saturated carbocycles. The first-order valence-electron chi connectivity index (χ1n) is 8.72. The number of hydrogen-bond acceptors (Lipinski definition) is 7. The van der Waals surface area contributed by atoms with Crippen LogP contribution in [0.3, 0.4) is 0 Å². The molecule has 3 rings (SSSR count). The highest BCUT2D eigenvalue weighted by atomic mass is 32.1. The van der Waals surface area contributed by atoms with E-state index >= 15 is 0 Å². The molecule has 0 spiro atoms. The van der Waals surface area contributed by atoms with E-state index < -0.39 is 39.7 Å². The van der Waals surface area contributed by atoms with Gasteiger partial charge in [0.1, 0.15) is 11.3 Å². The molecule has 12 heteroatoms. The van der Waals surface area contributed by atoms with Crippen LogP contribution in [0, 0.1) is 21.7 Å². The molecule has 0 bridgehead atoms. The Morgan fingerprint density at radius 3 is 2.47 bits per heavy atom. The van der Waals surface area contributed by atoms with Gasteiger partial charge in [-0.2, -0.15) is 5.10 Å². The number of benzene rings is 2. The smallest absolute Gasteiger partial charge is 0.342 e. The average molecular weight is 461 g/mol. The molecule has 1 amide bonds. The number of thiophene rings is 1. The summed E-state index contributed by atoms with van der Waals surface area (Å²) in [6, 6.07) is 6.01. The molecule has 3 N–H and O–H groups in total. The Morgan fingerprint density at radius 1 is 1.12 bits per heavy atom. The van der Waals surface area contributed by atoms with Crippen molar-refractivity contribution in [2.24, 2.45) is 5.10 Å². The number of nitro benzene ring substituents is 1. The molecule has 0 saturated heterocycles. The van der Waals surface area contributed by atoms with Crippen LogP contribution in [0.4, 0.5) is 14.5 Å². The van der Waals surface area contributed by atoms with Crippen molar-refractivity contribution in [1.29, 1.82) is 0 Å². The second-order valence-electron chi connectivity index (χ2n) is 6.39. The number of carboxylic acids is 1. The van der Waals surface area contributed by atoms with E-state index in [0.717, 1.165) is 41.7 Å². The molecule has 164 valence electrons. The molecule has 0 atom stereocenters. The zero-order valence-electron chi connectivity index (χ0n) is 16.1. The van der Waals surface area contributed by atoms with Crippen LogP contribution in [0.25, 0.3) is 10.4 Å². The second kappa shape index (κ2) is 8.89. The quantitative estimate of drug-likeness (QED) is 0.286. The third kappa shape index (κ3) is 4.44. The fourth-order valence-corrected chi connectivity index (χ4v) is 3.72. The van der Waals surface area contributed by atoms with Crippen LogP contribution in [0.5, 0.6) is 5.75 Å². The second-order valence-corrected chi connectivity index (χ2v) is 7.27. The number of carbonyl (C=O) groups is 2. The monoisotopic (exact) mass is 461 g/mol. The molecule has 0 unspecified atom stereocenters. The van der Waals surface area contributed by atoms with Gasteiger partial charge in [0.2, 0.25) is 0 Å². The van der Waals surface area contributed by atoms with Gasteiger partial charge in [-0.1, -0.05) is 6.07 Å². The Labute approximate surface area is 182 Å². The van der Waals surface area contributed by atoms with Crippen molar-refractivity contribution in [1.82, 2.24) is 5.43 Å². The van der Waals surface area contributed by atoms with E-state index in [2.05, 4.69) is 10.5 Å². The van der Waals surface area contributed by atoms with Crippen LogP contribution < -0.4 is 5.43 Å². The van der Waals surface area contributed by atoms with E-state index in [1.165, 1.54) is 18.4 Å². The molecule has 0 aliphatic heterocycles. The van der Waals surface area contributed by atoms with Crippen LogP contribution in [-0.2, 0) is 0 Å². The van der Waals surface area contributed by atoms with Gasteiger partial charge >= 0.3 is 5.97 Å². The number of nitrogens with zero attached hydrogens (tertiary/aromatic N) is 2. The van der Waals surface area contributed by atoms with Crippen molar-refractivity contribution in [3.8, 4) is 16.2 Å². The first-order chi connectivity index (χ1) is 15.1. The van der Waals surface area contributed by atoms with Gasteiger partial charge in [0, 0.05) is 17.0 Å². The van der Waals surface area contributed by atoms with Gasteiger partial charge in [-0.3, -0.25) is 14.9 Å². The number of hydrazone groups is 1. The van der Waals surface area contributed by atoms with Gasteiger partial charge in [0.25, 0.3) is 11.6 Å². The maximum absolute atomic E-state index is 13.5. The maximum atomic E-state index is 13.5. The average Bonchev–Trinajstić information content (AvgIpc) is 3.14. The number of carbonyl (C=O) groups excluding carboxylic acids is 1. The van der Waals surface area contributed by atoms with Crippen molar-refractivity contribution in [2.75, 3.05) is 0 Å². The van der Waals surface area contributed by atoms with Gasteiger partial charge in [-0.05, 0) is 36.8 Å². The molecule has 0 fully saturated rings. The lowest BCUT2D eigenvalue weighted by molar-refractivity contribution is -0.385. The summed E-state index contributed by atoms with van der Waals surface area (Å²) in [4.78, 5) is 33.8. The molecule has 32 heavy (non-hydrogen) atoms. The first-order valence-corrected chi connectivity index (χ1v) is 9.60. The molecule has 3 aromatic rings. The minimum atomic E-state index is -1.51. The Morgan fingerprint density at radius 2 is 1.84 bits per heavy atom. The van der Waals surface area contributed by atoms with E-state index in [9.17, 15) is 33.6 Å². The van der Waals surface area contributed by atoms with E-state index in [1.807, 2.05) is 0 Å². The minimum Gasteiger partial charge on any atom is -0.506 e. The SMILES string of the molecule is CC(=NNC(=O)c1ccc(C(=O)O)c([N+](=O)[O-])c1)c1csc(-c2ccc(F)c(F)c2)c1O. The normalized spacial score (nSPS) is 11.3. The number of aromatic carboxylic acids is 1. The summed E-state index contributed by atoms with van der Waals surface area (Å²) < 4.78 is 26.6. The van der Waals surface area contributed by atoms with Crippen LogP contribution >= 0.6 is 11.3 Å². The van der Waals surface area contributed by atoms with Crippen LogP contribution in [0.2, 0.25) is 0 Å². The third-order valence-electron chi connectivity index (χ3n) is 4.35. The van der Waals surface area contributed by atoms with Crippen molar-refractivity contribution in [3.05, 3.63) is 80.2 Å². The van der Waals surface area contributed by atoms with Crippen molar-refractivity contribution in [3.63, 3.8) is 0 Å². The number of rotatable bonds is 6. The summed E-state index contributed by atoms with van der Waals surface area (Å²) in [6.07, 6.45) is 0. The highest BCUT2D eigenvalue weighted by molar-refractivity contribution is 7.14. The zero-order valence-corrected chi connectivity index (χ0v) is 16.9. The highest BCUT2D eigenvalue weighted by Gasteiger charge is 2.22. The number of hydrogen-bond donors (Lipinski definition) is 3. The maximum Gasteiger partial charge on any atom is 0.342 e. The Kier molecular flexibility index (Phi) is 6.25. The topological polar surface area (TPSA) is 142 Å².